The van der Waals surface area contributed by atoms with Crippen molar-refractivity contribution in [2.75, 3.05) is 25.1 Å². The smallest absolute Gasteiger partial charge is 0.129 e. The van der Waals surface area contributed by atoms with E-state index in [9.17, 15) is 9.50 Å². The van der Waals surface area contributed by atoms with Crippen molar-refractivity contribution in [2.24, 2.45) is 0 Å². The molecule has 2 N–H and O–H groups in total. The van der Waals surface area contributed by atoms with E-state index in [2.05, 4.69) is 11.6 Å². The molecule has 1 aromatic rings. The maximum atomic E-state index is 13.4. The third kappa shape index (κ3) is 6.95. The van der Waals surface area contributed by atoms with Crippen LogP contribution in [0.1, 0.15) is 37.4 Å². The molecule has 0 amide bonds. The van der Waals surface area contributed by atoms with Crippen LogP contribution in [0.4, 0.5) is 4.39 Å². The SMILES string of the molecule is CSCCCCCCNCC(O)c1ccccc1F. The lowest BCUT2D eigenvalue weighted by molar-refractivity contribution is 0.170. The Morgan fingerprint density at radius 3 is 2.68 bits per heavy atom. The highest BCUT2D eigenvalue weighted by atomic mass is 32.2. The molecule has 0 radical (unpaired) electrons. The Hall–Kier alpha value is -0.580. The fourth-order valence-corrected chi connectivity index (χ4v) is 2.44. The third-order valence-corrected chi connectivity index (χ3v) is 3.75. The van der Waals surface area contributed by atoms with Gasteiger partial charge in [-0.25, -0.2) is 4.39 Å². The number of halogens is 1. The van der Waals surface area contributed by atoms with Gasteiger partial charge in [-0.2, -0.15) is 11.8 Å². The molecule has 0 fully saturated rings. The summed E-state index contributed by atoms with van der Waals surface area (Å²) in [5.41, 5.74) is 0.370. The van der Waals surface area contributed by atoms with Gasteiger partial charge in [0.1, 0.15) is 5.82 Å². The molecule has 0 saturated heterocycles. The normalized spacial score (nSPS) is 12.6. The van der Waals surface area contributed by atoms with Crippen LogP contribution in [0.25, 0.3) is 0 Å². The average molecular weight is 285 g/mol. The largest absolute Gasteiger partial charge is 0.387 e. The van der Waals surface area contributed by atoms with Crippen LogP contribution in [0.15, 0.2) is 24.3 Å². The van der Waals surface area contributed by atoms with Gasteiger partial charge in [0.15, 0.2) is 0 Å². The molecule has 0 aliphatic carbocycles. The van der Waals surface area contributed by atoms with Gasteiger partial charge in [0, 0.05) is 12.1 Å². The Labute approximate surface area is 119 Å². The van der Waals surface area contributed by atoms with Gasteiger partial charge in [0.05, 0.1) is 6.10 Å². The number of thioether (sulfide) groups is 1. The lowest BCUT2D eigenvalue weighted by Gasteiger charge is -2.12. The number of aliphatic hydroxyl groups excluding tert-OH is 1. The molecule has 0 aliphatic heterocycles. The maximum absolute atomic E-state index is 13.4. The van der Waals surface area contributed by atoms with Crippen molar-refractivity contribution in [1.29, 1.82) is 0 Å². The molecule has 0 saturated carbocycles. The first kappa shape index (κ1) is 16.5. The topological polar surface area (TPSA) is 32.3 Å². The summed E-state index contributed by atoms with van der Waals surface area (Å²) < 4.78 is 13.4. The zero-order valence-corrected chi connectivity index (χ0v) is 12.4. The zero-order valence-electron chi connectivity index (χ0n) is 11.6. The Morgan fingerprint density at radius 1 is 1.21 bits per heavy atom. The molecule has 0 aromatic heterocycles. The van der Waals surface area contributed by atoms with E-state index >= 15 is 0 Å². The third-order valence-electron chi connectivity index (χ3n) is 3.05. The molecule has 0 heterocycles. The van der Waals surface area contributed by atoms with Gasteiger partial charge < -0.3 is 10.4 Å². The summed E-state index contributed by atoms with van der Waals surface area (Å²) in [5, 5.41) is 13.0. The highest BCUT2D eigenvalue weighted by molar-refractivity contribution is 7.98. The Morgan fingerprint density at radius 2 is 1.95 bits per heavy atom. The highest BCUT2D eigenvalue weighted by Crippen LogP contribution is 2.15. The first-order valence-corrected chi connectivity index (χ1v) is 8.27. The van der Waals surface area contributed by atoms with Crippen molar-refractivity contribution in [3.63, 3.8) is 0 Å². The van der Waals surface area contributed by atoms with Gasteiger partial charge >= 0.3 is 0 Å². The summed E-state index contributed by atoms with van der Waals surface area (Å²) in [6.07, 6.45) is 6.22. The summed E-state index contributed by atoms with van der Waals surface area (Å²) in [4.78, 5) is 0. The highest BCUT2D eigenvalue weighted by Gasteiger charge is 2.10. The van der Waals surface area contributed by atoms with Gasteiger partial charge in [-0.05, 0) is 37.5 Å². The van der Waals surface area contributed by atoms with E-state index in [1.807, 2.05) is 11.8 Å². The molecule has 0 bridgehead atoms. The molecular formula is C15H24FNOS. The van der Waals surface area contributed by atoms with E-state index in [-0.39, 0.29) is 5.82 Å². The van der Waals surface area contributed by atoms with E-state index < -0.39 is 6.10 Å². The summed E-state index contributed by atoms with van der Waals surface area (Å²) in [6.45, 7) is 1.29. The molecule has 1 unspecified atom stereocenters. The fraction of sp³-hybridized carbons (Fsp3) is 0.600. The van der Waals surface area contributed by atoms with Crippen LogP contribution < -0.4 is 5.32 Å². The number of hydrogen-bond donors (Lipinski definition) is 2. The van der Waals surface area contributed by atoms with Crippen molar-refractivity contribution in [1.82, 2.24) is 5.32 Å². The second kappa shape index (κ2) is 10.2. The van der Waals surface area contributed by atoms with E-state index in [1.54, 1.807) is 18.2 Å². The molecule has 108 valence electrons. The van der Waals surface area contributed by atoms with Crippen LogP contribution in [0.3, 0.4) is 0 Å². The van der Waals surface area contributed by atoms with Crippen molar-refractivity contribution >= 4 is 11.8 Å². The van der Waals surface area contributed by atoms with Crippen molar-refractivity contribution in [2.45, 2.75) is 31.8 Å². The maximum Gasteiger partial charge on any atom is 0.129 e. The number of aliphatic hydroxyl groups is 1. The van der Waals surface area contributed by atoms with Gasteiger partial charge in [-0.1, -0.05) is 31.0 Å². The van der Waals surface area contributed by atoms with Crippen LogP contribution >= 0.6 is 11.8 Å². The summed E-state index contributed by atoms with van der Waals surface area (Å²) in [5.74, 6) is 0.897. The Balaban J connectivity index is 2.08. The quantitative estimate of drug-likeness (QED) is 0.646. The average Bonchev–Trinajstić information content (AvgIpc) is 2.42. The molecule has 4 heteroatoms. The van der Waals surface area contributed by atoms with E-state index in [0.29, 0.717) is 12.1 Å². The first-order valence-electron chi connectivity index (χ1n) is 6.88. The molecular weight excluding hydrogens is 261 g/mol. The van der Waals surface area contributed by atoms with Crippen molar-refractivity contribution in [3.05, 3.63) is 35.6 Å². The van der Waals surface area contributed by atoms with Gasteiger partial charge in [0.25, 0.3) is 0 Å². The predicted octanol–water partition coefficient (Wildman–Crippen LogP) is 3.37. The molecule has 1 aromatic carbocycles. The van der Waals surface area contributed by atoms with Crippen LogP contribution in [0, 0.1) is 5.82 Å². The van der Waals surface area contributed by atoms with E-state index in [4.69, 9.17) is 0 Å². The number of nitrogens with one attached hydrogen (secondary N) is 1. The number of rotatable bonds is 10. The van der Waals surface area contributed by atoms with Crippen LogP contribution in [0.2, 0.25) is 0 Å². The zero-order chi connectivity index (χ0) is 13.9. The second-order valence-electron chi connectivity index (χ2n) is 4.65. The summed E-state index contributed by atoms with van der Waals surface area (Å²) in [6, 6.07) is 6.38. The minimum Gasteiger partial charge on any atom is -0.387 e. The predicted molar refractivity (Wildman–Crippen MR) is 81.1 cm³/mol. The van der Waals surface area contributed by atoms with Crippen LogP contribution in [0.5, 0.6) is 0 Å². The van der Waals surface area contributed by atoms with Gasteiger partial charge in [-0.3, -0.25) is 0 Å². The van der Waals surface area contributed by atoms with Crippen molar-refractivity contribution < 1.29 is 9.50 Å². The minimum atomic E-state index is -0.766. The minimum absolute atomic E-state index is 0.339. The standard InChI is InChI=1S/C15H24FNOS/c1-19-11-7-3-2-6-10-17-12-15(18)13-8-4-5-9-14(13)16/h4-5,8-9,15,17-18H,2-3,6-7,10-12H2,1H3. The number of hydrogen-bond acceptors (Lipinski definition) is 3. The monoisotopic (exact) mass is 285 g/mol. The molecule has 19 heavy (non-hydrogen) atoms. The number of benzene rings is 1. The van der Waals surface area contributed by atoms with Crippen LogP contribution in [-0.2, 0) is 0 Å². The van der Waals surface area contributed by atoms with Gasteiger partial charge in [-0.15, -0.1) is 0 Å². The molecule has 1 atom stereocenters. The van der Waals surface area contributed by atoms with Crippen LogP contribution in [-0.4, -0.2) is 30.2 Å². The van der Waals surface area contributed by atoms with E-state index in [1.165, 1.54) is 31.1 Å². The molecule has 2 nitrogen and oxygen atoms in total. The Kier molecular flexibility index (Phi) is 8.88. The lowest BCUT2D eigenvalue weighted by atomic mass is 10.1. The Bertz CT molecular complexity index is 349. The molecule has 0 aliphatic rings. The second-order valence-corrected chi connectivity index (χ2v) is 5.63. The fourth-order valence-electron chi connectivity index (χ4n) is 1.94. The number of unbranched alkanes of at least 4 members (excludes halogenated alkanes) is 3. The molecule has 1 rings (SSSR count). The molecule has 0 spiro atoms. The lowest BCUT2D eigenvalue weighted by Crippen LogP contribution is -2.23. The van der Waals surface area contributed by atoms with Crippen molar-refractivity contribution in [3.8, 4) is 0 Å². The summed E-state index contributed by atoms with van der Waals surface area (Å²) in [7, 11) is 0. The summed E-state index contributed by atoms with van der Waals surface area (Å²) >= 11 is 1.89. The first-order chi connectivity index (χ1) is 9.25. The van der Waals surface area contributed by atoms with E-state index in [0.717, 1.165) is 13.0 Å². The van der Waals surface area contributed by atoms with Gasteiger partial charge in [0.2, 0.25) is 0 Å².